The molecule has 0 aromatic carbocycles. The number of nitrogens with zero attached hydrogens (tertiary/aromatic N) is 2. The van der Waals surface area contributed by atoms with Gasteiger partial charge in [-0.15, -0.1) is 0 Å². The van der Waals surface area contributed by atoms with Crippen molar-refractivity contribution in [3.63, 3.8) is 0 Å². The highest BCUT2D eigenvalue weighted by atomic mass is 32.1. The van der Waals surface area contributed by atoms with Gasteiger partial charge in [0, 0.05) is 52.2 Å². The van der Waals surface area contributed by atoms with Gasteiger partial charge < -0.3 is 14.5 Å². The molecule has 0 N–H and O–H groups in total. The number of hydrogen-bond donors (Lipinski definition) is 0. The van der Waals surface area contributed by atoms with Crippen LogP contribution in [0.3, 0.4) is 0 Å². The third-order valence-corrected chi connectivity index (χ3v) is 7.49. The lowest BCUT2D eigenvalue weighted by molar-refractivity contribution is -0.134. The van der Waals surface area contributed by atoms with Gasteiger partial charge in [-0.1, -0.05) is 0 Å². The van der Waals surface area contributed by atoms with Crippen molar-refractivity contribution < 1.29 is 14.3 Å². The Morgan fingerprint density at radius 1 is 1.37 bits per heavy atom. The predicted octanol–water partition coefficient (Wildman–Crippen LogP) is 3.29. The summed E-state index contributed by atoms with van der Waals surface area (Å²) in [6, 6.07) is 2.45. The maximum absolute atomic E-state index is 12.5. The fourth-order valence-corrected chi connectivity index (χ4v) is 5.48. The van der Waals surface area contributed by atoms with Crippen LogP contribution in [0.5, 0.6) is 0 Å². The molecule has 2 amide bonds. The molecular formula is C21H30N2O3S. The van der Waals surface area contributed by atoms with E-state index in [0.29, 0.717) is 24.3 Å². The first-order valence-electron chi connectivity index (χ1n) is 10.2. The summed E-state index contributed by atoms with van der Waals surface area (Å²) < 4.78 is 5.40. The van der Waals surface area contributed by atoms with Crippen LogP contribution < -0.4 is 0 Å². The Bertz CT molecular complexity index is 661. The van der Waals surface area contributed by atoms with E-state index in [1.54, 1.807) is 18.3 Å². The van der Waals surface area contributed by atoms with E-state index >= 15 is 0 Å². The standard InChI is InChI=1S/C21H30N2O3S/c1-16(24)23(13-18-5-11-27-15-18)19-12-21(19)6-8-22(9-7-21)20(25)3-2-17-4-10-26-14-17/h5,11,15,17,19H,2-4,6-10,12-14H2,1H3/t17-,19+/m0/s1. The molecule has 148 valence electrons. The van der Waals surface area contributed by atoms with E-state index in [4.69, 9.17) is 4.74 Å². The van der Waals surface area contributed by atoms with E-state index < -0.39 is 0 Å². The van der Waals surface area contributed by atoms with Gasteiger partial charge in [0.1, 0.15) is 0 Å². The van der Waals surface area contributed by atoms with Gasteiger partial charge in [-0.2, -0.15) is 11.3 Å². The zero-order valence-electron chi connectivity index (χ0n) is 16.2. The van der Waals surface area contributed by atoms with Crippen molar-refractivity contribution in [3.8, 4) is 0 Å². The van der Waals surface area contributed by atoms with Crippen molar-refractivity contribution in [3.05, 3.63) is 22.4 Å². The SMILES string of the molecule is CC(=O)N(Cc1ccsc1)[C@@H]1CC12CCN(C(=O)CC[C@H]1CCOC1)CC2. The number of thiophene rings is 1. The molecule has 2 saturated heterocycles. The van der Waals surface area contributed by atoms with Gasteiger partial charge in [0.2, 0.25) is 11.8 Å². The zero-order chi connectivity index (χ0) is 18.9. The van der Waals surface area contributed by atoms with Crippen molar-refractivity contribution in [1.82, 2.24) is 9.80 Å². The molecule has 1 spiro atoms. The molecule has 0 unspecified atom stereocenters. The summed E-state index contributed by atoms with van der Waals surface area (Å²) in [7, 11) is 0. The molecule has 2 atom stereocenters. The molecule has 3 heterocycles. The van der Waals surface area contributed by atoms with Gasteiger partial charge in [0.15, 0.2) is 0 Å². The summed E-state index contributed by atoms with van der Waals surface area (Å²) in [5, 5.41) is 4.19. The van der Waals surface area contributed by atoms with E-state index in [0.717, 1.165) is 65.0 Å². The van der Waals surface area contributed by atoms with E-state index in [2.05, 4.69) is 21.7 Å². The van der Waals surface area contributed by atoms with E-state index in [-0.39, 0.29) is 11.3 Å². The van der Waals surface area contributed by atoms with Crippen molar-refractivity contribution >= 4 is 23.2 Å². The average Bonchev–Trinajstić information content (AvgIpc) is 3.08. The molecule has 5 nitrogen and oxygen atoms in total. The molecule has 1 saturated carbocycles. The van der Waals surface area contributed by atoms with Crippen molar-refractivity contribution in [1.29, 1.82) is 0 Å². The first kappa shape index (κ1) is 18.9. The highest BCUT2D eigenvalue weighted by Crippen LogP contribution is 2.57. The Labute approximate surface area is 165 Å². The predicted molar refractivity (Wildman–Crippen MR) is 105 cm³/mol. The molecular weight excluding hydrogens is 360 g/mol. The number of amides is 2. The van der Waals surface area contributed by atoms with Gasteiger partial charge in [-0.3, -0.25) is 9.59 Å². The Balaban J connectivity index is 1.27. The highest BCUT2D eigenvalue weighted by Gasteiger charge is 2.58. The molecule has 0 radical (unpaired) electrons. The second-order valence-electron chi connectivity index (χ2n) is 8.51. The Hall–Kier alpha value is -1.40. The van der Waals surface area contributed by atoms with Gasteiger partial charge in [-0.05, 0) is 65.8 Å². The average molecular weight is 391 g/mol. The van der Waals surface area contributed by atoms with Crippen LogP contribution in [-0.2, 0) is 20.9 Å². The normalized spacial score (nSPS) is 26.3. The maximum atomic E-state index is 12.5. The third-order valence-electron chi connectivity index (χ3n) is 6.76. The number of rotatable bonds is 6. The van der Waals surface area contributed by atoms with E-state index in [1.807, 2.05) is 4.90 Å². The summed E-state index contributed by atoms with van der Waals surface area (Å²) in [4.78, 5) is 28.9. The monoisotopic (exact) mass is 390 g/mol. The van der Waals surface area contributed by atoms with Crippen LogP contribution in [0.25, 0.3) is 0 Å². The van der Waals surface area contributed by atoms with Crippen molar-refractivity contribution in [2.75, 3.05) is 26.3 Å². The number of hydrogen-bond acceptors (Lipinski definition) is 4. The fourth-order valence-electron chi connectivity index (χ4n) is 4.82. The summed E-state index contributed by atoms with van der Waals surface area (Å²) in [6.45, 7) is 5.77. The third kappa shape index (κ3) is 4.21. The second kappa shape index (κ2) is 7.92. The van der Waals surface area contributed by atoms with Crippen LogP contribution >= 0.6 is 11.3 Å². The van der Waals surface area contributed by atoms with Crippen LogP contribution in [0.15, 0.2) is 16.8 Å². The van der Waals surface area contributed by atoms with Crippen molar-refractivity contribution in [2.24, 2.45) is 11.3 Å². The molecule has 1 aromatic rings. The number of carbonyl (C=O) groups is 2. The fraction of sp³-hybridized carbons (Fsp3) is 0.714. The molecule has 0 bridgehead atoms. The molecule has 2 aliphatic heterocycles. The molecule has 3 fully saturated rings. The van der Waals surface area contributed by atoms with Crippen LogP contribution in [0.1, 0.15) is 51.0 Å². The van der Waals surface area contributed by atoms with Crippen LogP contribution in [0, 0.1) is 11.3 Å². The lowest BCUT2D eigenvalue weighted by Gasteiger charge is -2.35. The summed E-state index contributed by atoms with van der Waals surface area (Å²) >= 11 is 1.68. The summed E-state index contributed by atoms with van der Waals surface area (Å²) in [5.41, 5.74) is 1.47. The molecule has 1 aliphatic carbocycles. The lowest BCUT2D eigenvalue weighted by atomic mass is 9.91. The Morgan fingerprint density at radius 3 is 2.81 bits per heavy atom. The zero-order valence-corrected chi connectivity index (χ0v) is 17.0. The number of piperidine rings is 1. The molecule has 6 heteroatoms. The minimum Gasteiger partial charge on any atom is -0.381 e. The lowest BCUT2D eigenvalue weighted by Crippen LogP contribution is -2.42. The molecule has 3 aliphatic rings. The number of likely N-dealkylation sites (tertiary alicyclic amines) is 1. The van der Waals surface area contributed by atoms with Gasteiger partial charge in [0.25, 0.3) is 0 Å². The quantitative estimate of drug-likeness (QED) is 0.749. The van der Waals surface area contributed by atoms with Crippen LogP contribution in [0.2, 0.25) is 0 Å². The highest BCUT2D eigenvalue weighted by molar-refractivity contribution is 7.07. The molecule has 4 rings (SSSR count). The summed E-state index contributed by atoms with van der Waals surface area (Å²) in [5.74, 6) is 1.04. The Kier molecular flexibility index (Phi) is 5.55. The van der Waals surface area contributed by atoms with E-state index in [1.165, 1.54) is 5.56 Å². The minimum atomic E-state index is 0.167. The Morgan fingerprint density at radius 2 is 2.19 bits per heavy atom. The smallest absolute Gasteiger partial charge is 0.222 e. The topological polar surface area (TPSA) is 49.9 Å². The first-order chi connectivity index (χ1) is 13.1. The molecule has 27 heavy (non-hydrogen) atoms. The minimum absolute atomic E-state index is 0.167. The van der Waals surface area contributed by atoms with E-state index in [9.17, 15) is 9.59 Å². The molecule has 1 aromatic heterocycles. The second-order valence-corrected chi connectivity index (χ2v) is 9.29. The van der Waals surface area contributed by atoms with Crippen molar-refractivity contribution in [2.45, 2.75) is 58.0 Å². The van der Waals surface area contributed by atoms with Crippen LogP contribution in [-0.4, -0.2) is 54.0 Å². The van der Waals surface area contributed by atoms with Gasteiger partial charge >= 0.3 is 0 Å². The summed E-state index contributed by atoms with van der Waals surface area (Å²) in [6.07, 6.45) is 5.87. The maximum Gasteiger partial charge on any atom is 0.222 e. The largest absolute Gasteiger partial charge is 0.381 e. The number of ether oxygens (including phenoxy) is 1. The number of carbonyl (C=O) groups excluding carboxylic acids is 2. The van der Waals surface area contributed by atoms with Gasteiger partial charge in [-0.25, -0.2) is 0 Å². The van der Waals surface area contributed by atoms with Gasteiger partial charge in [0.05, 0.1) is 0 Å². The first-order valence-corrected chi connectivity index (χ1v) is 11.2. The van der Waals surface area contributed by atoms with Crippen LogP contribution in [0.4, 0.5) is 0 Å².